The van der Waals surface area contributed by atoms with Gasteiger partial charge in [0.05, 0.1) is 12.5 Å². The van der Waals surface area contributed by atoms with Gasteiger partial charge in [-0.1, -0.05) is 99.0 Å². The van der Waals surface area contributed by atoms with Crippen LogP contribution in [0.15, 0.2) is 72.8 Å². The highest BCUT2D eigenvalue weighted by Crippen LogP contribution is 2.30. The lowest BCUT2D eigenvalue weighted by Gasteiger charge is -2.10. The maximum absolute atomic E-state index is 11.4. The number of nitrogens with zero attached hydrogens (tertiary/aromatic N) is 6. The molecule has 0 amide bonds. The van der Waals surface area contributed by atoms with Crippen LogP contribution in [0.2, 0.25) is 0 Å². The van der Waals surface area contributed by atoms with Crippen LogP contribution < -0.4 is 0 Å². The molecule has 1 atom stereocenters. The molecule has 0 spiro atoms. The van der Waals surface area contributed by atoms with Crippen LogP contribution in [0.4, 0.5) is 0 Å². The van der Waals surface area contributed by atoms with Gasteiger partial charge in [0.15, 0.2) is 17.5 Å². The fraction of sp³-hybridized carbons (Fsp3) is 0.290. The number of carboxylic acids is 1. The molecule has 0 radical (unpaired) electrons. The predicted octanol–water partition coefficient (Wildman–Crippen LogP) is 6.15. The number of hydrogen-bond acceptors (Lipinski definition) is 6. The van der Waals surface area contributed by atoms with Crippen LogP contribution in [0.3, 0.4) is 0 Å². The summed E-state index contributed by atoms with van der Waals surface area (Å²) in [5, 5.41) is 28.6. The van der Waals surface area contributed by atoms with Crippen LogP contribution in [-0.2, 0) is 17.8 Å². The van der Waals surface area contributed by atoms with Crippen LogP contribution in [0.1, 0.15) is 62.4 Å². The molecule has 1 unspecified atom stereocenters. The zero-order valence-corrected chi connectivity index (χ0v) is 22.8. The number of carboxylic acid groups (broad SMARTS) is 1. The zero-order chi connectivity index (χ0) is 27.9. The summed E-state index contributed by atoms with van der Waals surface area (Å²) in [7, 11) is 0. The van der Waals surface area contributed by atoms with Crippen LogP contribution in [0.5, 0.6) is 0 Å². The summed E-state index contributed by atoms with van der Waals surface area (Å²) >= 11 is 0. The van der Waals surface area contributed by atoms with Gasteiger partial charge >= 0.3 is 5.97 Å². The number of benzene rings is 3. The normalized spacial score (nSPS) is 11.9. The second-order valence-electron chi connectivity index (χ2n) is 9.99. The maximum Gasteiger partial charge on any atom is 0.310 e. The number of aromatic nitrogens is 7. The van der Waals surface area contributed by atoms with Gasteiger partial charge in [-0.3, -0.25) is 4.79 Å². The molecule has 40 heavy (non-hydrogen) atoms. The Bertz CT molecular complexity index is 1540. The third-order valence-electron chi connectivity index (χ3n) is 7.13. The average Bonchev–Trinajstić information content (AvgIpc) is 3.66. The third kappa shape index (κ3) is 6.14. The van der Waals surface area contributed by atoms with E-state index in [2.05, 4.69) is 57.9 Å². The lowest BCUT2D eigenvalue weighted by atomic mass is 9.98. The van der Waals surface area contributed by atoms with E-state index in [4.69, 9.17) is 10.1 Å². The van der Waals surface area contributed by atoms with Crippen LogP contribution in [0.25, 0.3) is 33.9 Å². The molecular formula is C31H33N7O2. The number of unbranched alkanes of at least 4 members (excludes halogenated alkanes) is 3. The maximum atomic E-state index is 11.4. The number of nitrogens with one attached hydrogen (secondary N) is 1. The van der Waals surface area contributed by atoms with Crippen molar-refractivity contribution in [3.05, 3.63) is 89.7 Å². The Kier molecular flexibility index (Phi) is 8.39. The second-order valence-corrected chi connectivity index (χ2v) is 9.99. The molecule has 3 aromatic carbocycles. The van der Waals surface area contributed by atoms with Gasteiger partial charge in [-0.05, 0) is 46.0 Å². The van der Waals surface area contributed by atoms with E-state index in [1.165, 1.54) is 12.8 Å². The number of aryl methyl sites for hydroxylation is 1. The van der Waals surface area contributed by atoms with Crippen molar-refractivity contribution in [3.8, 4) is 33.9 Å². The van der Waals surface area contributed by atoms with Crippen molar-refractivity contribution in [2.24, 2.45) is 0 Å². The zero-order valence-electron chi connectivity index (χ0n) is 22.8. The lowest BCUT2D eigenvalue weighted by Crippen LogP contribution is -2.07. The highest BCUT2D eigenvalue weighted by molar-refractivity contribution is 5.80. The summed E-state index contributed by atoms with van der Waals surface area (Å²) in [6.45, 7) is 4.46. The van der Waals surface area contributed by atoms with Crippen LogP contribution >= 0.6 is 0 Å². The van der Waals surface area contributed by atoms with E-state index in [0.29, 0.717) is 12.4 Å². The quantitative estimate of drug-likeness (QED) is 0.184. The molecule has 0 aliphatic rings. The van der Waals surface area contributed by atoms with Gasteiger partial charge in [0.1, 0.15) is 0 Å². The SMILES string of the molecule is CCCCCCc1nc(-c2ccc(C(C)C(=O)O)cc2)n(Cc2ccc(-c3ccccc3-c3nnn[nH]3)cc2)n1. The van der Waals surface area contributed by atoms with Gasteiger partial charge in [-0.2, -0.15) is 5.10 Å². The first-order chi connectivity index (χ1) is 19.5. The Morgan fingerprint density at radius 3 is 2.33 bits per heavy atom. The van der Waals surface area contributed by atoms with Gasteiger partial charge in [-0.25, -0.2) is 14.8 Å². The topological polar surface area (TPSA) is 122 Å². The molecule has 0 fully saturated rings. The minimum atomic E-state index is -0.839. The van der Waals surface area contributed by atoms with E-state index in [1.807, 2.05) is 47.1 Å². The third-order valence-corrected chi connectivity index (χ3v) is 7.13. The molecule has 2 heterocycles. The van der Waals surface area contributed by atoms with E-state index >= 15 is 0 Å². The van der Waals surface area contributed by atoms with Gasteiger partial charge in [0.2, 0.25) is 0 Å². The molecule has 2 aromatic heterocycles. The summed E-state index contributed by atoms with van der Waals surface area (Å²) in [5.41, 5.74) is 5.82. The van der Waals surface area contributed by atoms with Crippen molar-refractivity contribution in [3.63, 3.8) is 0 Å². The lowest BCUT2D eigenvalue weighted by molar-refractivity contribution is -0.138. The van der Waals surface area contributed by atoms with E-state index in [9.17, 15) is 9.90 Å². The molecule has 0 aliphatic carbocycles. The summed E-state index contributed by atoms with van der Waals surface area (Å²) in [5.74, 6) is 0.841. The van der Waals surface area contributed by atoms with Crippen molar-refractivity contribution in [2.45, 2.75) is 58.4 Å². The summed E-state index contributed by atoms with van der Waals surface area (Å²) in [6, 6.07) is 24.0. The molecule has 0 saturated carbocycles. The van der Waals surface area contributed by atoms with Gasteiger partial charge in [0.25, 0.3) is 0 Å². The molecule has 9 nitrogen and oxygen atoms in total. The van der Waals surface area contributed by atoms with Crippen LogP contribution in [-0.4, -0.2) is 46.5 Å². The van der Waals surface area contributed by atoms with E-state index in [0.717, 1.165) is 64.3 Å². The van der Waals surface area contributed by atoms with Crippen LogP contribution in [0, 0.1) is 0 Å². The van der Waals surface area contributed by atoms with Gasteiger partial charge in [-0.15, -0.1) is 5.10 Å². The van der Waals surface area contributed by atoms with E-state index < -0.39 is 11.9 Å². The molecule has 0 aliphatic heterocycles. The largest absolute Gasteiger partial charge is 0.481 e. The first-order valence-electron chi connectivity index (χ1n) is 13.7. The number of H-pyrrole nitrogens is 1. The fourth-order valence-electron chi connectivity index (χ4n) is 4.77. The molecule has 0 saturated heterocycles. The Balaban J connectivity index is 1.41. The highest BCUT2D eigenvalue weighted by atomic mass is 16.4. The molecular weight excluding hydrogens is 502 g/mol. The monoisotopic (exact) mass is 535 g/mol. The number of aromatic amines is 1. The highest BCUT2D eigenvalue weighted by Gasteiger charge is 2.17. The number of carbonyl (C=O) groups is 1. The average molecular weight is 536 g/mol. The van der Waals surface area contributed by atoms with Crippen molar-refractivity contribution in [2.75, 3.05) is 0 Å². The number of aliphatic carboxylic acids is 1. The summed E-state index contributed by atoms with van der Waals surface area (Å²) in [6.07, 6.45) is 5.44. The Labute approximate surface area is 233 Å². The fourth-order valence-corrected chi connectivity index (χ4v) is 4.77. The predicted molar refractivity (Wildman–Crippen MR) is 154 cm³/mol. The van der Waals surface area contributed by atoms with Gasteiger partial charge in [0, 0.05) is 17.5 Å². The standard InChI is InChI=1S/C31H33N7O2/c1-3-4-5-6-11-28-32-30(25-18-16-23(17-19-25)21(2)31(39)40)38(35-28)20-22-12-14-24(15-13-22)26-9-7-8-10-27(26)29-33-36-37-34-29/h7-10,12-19,21H,3-6,11,20H2,1-2H3,(H,39,40)(H,33,34,36,37). The summed E-state index contributed by atoms with van der Waals surface area (Å²) in [4.78, 5) is 16.3. The smallest absolute Gasteiger partial charge is 0.310 e. The molecule has 5 aromatic rings. The Hall–Kier alpha value is -4.66. The van der Waals surface area contributed by atoms with E-state index in [-0.39, 0.29) is 0 Å². The molecule has 5 rings (SSSR count). The molecule has 0 bridgehead atoms. The Morgan fingerprint density at radius 1 is 0.925 bits per heavy atom. The number of rotatable bonds is 12. The molecule has 9 heteroatoms. The minimum absolute atomic E-state index is 0.565. The van der Waals surface area contributed by atoms with E-state index in [1.54, 1.807) is 6.92 Å². The second kappa shape index (κ2) is 12.5. The Morgan fingerprint density at radius 2 is 1.65 bits per heavy atom. The number of hydrogen-bond donors (Lipinski definition) is 2. The van der Waals surface area contributed by atoms with Crippen molar-refractivity contribution < 1.29 is 9.90 Å². The molecule has 204 valence electrons. The molecule has 2 N–H and O–H groups in total. The minimum Gasteiger partial charge on any atom is -0.481 e. The number of tetrazole rings is 1. The summed E-state index contributed by atoms with van der Waals surface area (Å²) < 4.78 is 1.95. The van der Waals surface area contributed by atoms with Gasteiger partial charge < -0.3 is 5.11 Å². The van der Waals surface area contributed by atoms with Crippen molar-refractivity contribution in [1.82, 2.24) is 35.4 Å². The first kappa shape index (κ1) is 26.9. The van der Waals surface area contributed by atoms with Crippen molar-refractivity contribution in [1.29, 1.82) is 0 Å². The first-order valence-corrected chi connectivity index (χ1v) is 13.7. The van der Waals surface area contributed by atoms with Crippen molar-refractivity contribution >= 4 is 5.97 Å².